The monoisotopic (exact) mass is 294 g/mol. The van der Waals surface area contributed by atoms with Crippen molar-refractivity contribution in [2.75, 3.05) is 0 Å². The minimum Gasteiger partial charge on any atom is -0.379 e. The van der Waals surface area contributed by atoms with Gasteiger partial charge in [0.15, 0.2) is 0 Å². The Kier molecular flexibility index (Phi) is 4.09. The van der Waals surface area contributed by atoms with Gasteiger partial charge >= 0.3 is 10.1 Å². The Morgan fingerprint density at radius 2 is 1.50 bits per heavy atom. The molecule has 5 heteroatoms. The van der Waals surface area contributed by atoms with E-state index in [1.807, 2.05) is 26.0 Å². The highest BCUT2D eigenvalue weighted by Crippen LogP contribution is 2.22. The lowest BCUT2D eigenvalue weighted by Crippen LogP contribution is -2.09. The van der Waals surface area contributed by atoms with Crippen LogP contribution in [0.3, 0.4) is 0 Å². The zero-order valence-electron chi connectivity index (χ0n) is 11.2. The summed E-state index contributed by atoms with van der Waals surface area (Å²) < 4.78 is 41.8. The fourth-order valence-electron chi connectivity index (χ4n) is 1.68. The Morgan fingerprint density at radius 1 is 0.950 bits per heavy atom. The third-order valence-corrected chi connectivity index (χ3v) is 4.12. The van der Waals surface area contributed by atoms with Crippen molar-refractivity contribution < 1.29 is 17.0 Å². The Labute approximate surface area is 118 Å². The van der Waals surface area contributed by atoms with Gasteiger partial charge in [-0.3, -0.25) is 0 Å². The fourth-order valence-corrected chi connectivity index (χ4v) is 2.61. The molecule has 0 aliphatic rings. The summed E-state index contributed by atoms with van der Waals surface area (Å²) in [6, 6.07) is 11.4. The minimum atomic E-state index is -3.93. The maximum Gasteiger partial charge on any atom is 0.339 e. The summed E-state index contributed by atoms with van der Waals surface area (Å²) in [7, 11) is -3.93. The Morgan fingerprint density at radius 3 is 2.00 bits per heavy atom. The number of hydrogen-bond acceptors (Lipinski definition) is 3. The van der Waals surface area contributed by atoms with Crippen LogP contribution in [0, 0.1) is 5.82 Å². The van der Waals surface area contributed by atoms with Crippen LogP contribution in [0.25, 0.3) is 0 Å². The number of benzene rings is 2. The molecule has 2 aromatic rings. The van der Waals surface area contributed by atoms with E-state index in [-0.39, 0.29) is 10.6 Å². The first-order chi connectivity index (χ1) is 9.38. The molecule has 0 fully saturated rings. The van der Waals surface area contributed by atoms with Gasteiger partial charge in [-0.2, -0.15) is 8.42 Å². The first kappa shape index (κ1) is 14.5. The molecule has 3 nitrogen and oxygen atoms in total. The van der Waals surface area contributed by atoms with E-state index in [0.29, 0.717) is 5.92 Å². The Balaban J connectivity index is 2.22. The first-order valence-corrected chi connectivity index (χ1v) is 7.59. The van der Waals surface area contributed by atoms with Crippen LogP contribution in [-0.2, 0) is 10.1 Å². The largest absolute Gasteiger partial charge is 0.379 e. The third-order valence-electron chi connectivity index (χ3n) is 2.86. The van der Waals surface area contributed by atoms with Gasteiger partial charge in [0, 0.05) is 0 Å². The second kappa shape index (κ2) is 5.63. The quantitative estimate of drug-likeness (QED) is 0.807. The highest BCUT2D eigenvalue weighted by molar-refractivity contribution is 7.87. The number of halogens is 1. The van der Waals surface area contributed by atoms with Gasteiger partial charge in [0.2, 0.25) is 0 Å². The van der Waals surface area contributed by atoms with Crippen molar-refractivity contribution in [1.82, 2.24) is 0 Å². The Bertz CT molecular complexity index is 674. The van der Waals surface area contributed by atoms with E-state index in [1.54, 1.807) is 12.1 Å². The molecule has 0 atom stereocenters. The van der Waals surface area contributed by atoms with Crippen molar-refractivity contribution in [3.8, 4) is 5.75 Å². The summed E-state index contributed by atoms with van der Waals surface area (Å²) in [5.41, 5.74) is 1.09. The maximum atomic E-state index is 12.8. The van der Waals surface area contributed by atoms with E-state index in [1.165, 1.54) is 12.1 Å². The van der Waals surface area contributed by atoms with E-state index >= 15 is 0 Å². The predicted octanol–water partition coefficient (Wildman–Crippen LogP) is 3.72. The zero-order chi connectivity index (χ0) is 14.8. The summed E-state index contributed by atoms with van der Waals surface area (Å²) in [4.78, 5) is -0.0770. The normalized spacial score (nSPS) is 11.6. The smallest absolute Gasteiger partial charge is 0.339 e. The van der Waals surface area contributed by atoms with Crippen molar-refractivity contribution in [1.29, 1.82) is 0 Å². The molecule has 0 saturated heterocycles. The lowest BCUT2D eigenvalue weighted by Gasteiger charge is -2.09. The lowest BCUT2D eigenvalue weighted by molar-refractivity contribution is 0.485. The van der Waals surface area contributed by atoms with Gasteiger partial charge in [-0.05, 0) is 47.9 Å². The predicted molar refractivity (Wildman–Crippen MR) is 74.7 cm³/mol. The number of hydrogen-bond donors (Lipinski definition) is 0. The zero-order valence-corrected chi connectivity index (χ0v) is 12.0. The maximum absolute atomic E-state index is 12.8. The van der Waals surface area contributed by atoms with Crippen LogP contribution in [0.2, 0.25) is 0 Å². The molecule has 0 spiro atoms. The lowest BCUT2D eigenvalue weighted by atomic mass is 10.0. The summed E-state index contributed by atoms with van der Waals surface area (Å²) in [6.07, 6.45) is 0. The van der Waals surface area contributed by atoms with Gasteiger partial charge in [0.05, 0.1) is 0 Å². The summed E-state index contributed by atoms with van der Waals surface area (Å²) in [5, 5.41) is 0. The van der Waals surface area contributed by atoms with Crippen LogP contribution in [-0.4, -0.2) is 8.42 Å². The van der Waals surface area contributed by atoms with Crippen LogP contribution < -0.4 is 4.18 Å². The first-order valence-electron chi connectivity index (χ1n) is 6.18. The molecule has 0 aliphatic carbocycles. The molecule has 0 amide bonds. The molecule has 2 rings (SSSR count). The fraction of sp³-hybridized carbons (Fsp3) is 0.200. The van der Waals surface area contributed by atoms with E-state index in [2.05, 4.69) is 0 Å². The van der Waals surface area contributed by atoms with E-state index < -0.39 is 15.9 Å². The molecule has 106 valence electrons. The van der Waals surface area contributed by atoms with Gasteiger partial charge in [-0.25, -0.2) is 4.39 Å². The van der Waals surface area contributed by atoms with E-state index in [9.17, 15) is 12.8 Å². The molecule has 0 aliphatic heterocycles. The van der Waals surface area contributed by atoms with Crippen molar-refractivity contribution in [3.63, 3.8) is 0 Å². The van der Waals surface area contributed by atoms with Crippen molar-refractivity contribution in [3.05, 3.63) is 59.9 Å². The molecular weight excluding hydrogens is 279 g/mol. The summed E-state index contributed by atoms with van der Waals surface area (Å²) >= 11 is 0. The number of rotatable bonds is 4. The van der Waals surface area contributed by atoms with Crippen LogP contribution >= 0.6 is 0 Å². The van der Waals surface area contributed by atoms with Gasteiger partial charge in [0.25, 0.3) is 0 Å². The molecule has 20 heavy (non-hydrogen) atoms. The summed E-state index contributed by atoms with van der Waals surface area (Å²) in [5.74, 6) is 0.0988. The third kappa shape index (κ3) is 3.36. The van der Waals surface area contributed by atoms with Crippen molar-refractivity contribution in [2.24, 2.45) is 0 Å². The van der Waals surface area contributed by atoms with E-state index in [4.69, 9.17) is 4.18 Å². The highest BCUT2D eigenvalue weighted by Gasteiger charge is 2.16. The van der Waals surface area contributed by atoms with Gasteiger partial charge in [-0.1, -0.05) is 26.0 Å². The molecule has 0 radical (unpaired) electrons. The van der Waals surface area contributed by atoms with Gasteiger partial charge in [-0.15, -0.1) is 0 Å². The standard InChI is InChI=1S/C15H15FO3S/c1-11(2)12-3-7-14(8-4-12)19-20(17,18)15-9-5-13(16)6-10-15/h3-11H,1-2H3. The molecule has 0 unspecified atom stereocenters. The van der Waals surface area contributed by atoms with Crippen LogP contribution in [0.1, 0.15) is 25.3 Å². The second-order valence-corrected chi connectivity index (χ2v) is 6.26. The van der Waals surface area contributed by atoms with Crippen molar-refractivity contribution in [2.45, 2.75) is 24.7 Å². The molecule has 0 heterocycles. The van der Waals surface area contributed by atoms with E-state index in [0.717, 1.165) is 17.7 Å². The van der Waals surface area contributed by atoms with Crippen LogP contribution in [0.4, 0.5) is 4.39 Å². The second-order valence-electron chi connectivity index (χ2n) is 4.72. The SMILES string of the molecule is CC(C)c1ccc(OS(=O)(=O)c2ccc(F)cc2)cc1. The molecular formula is C15H15FO3S. The van der Waals surface area contributed by atoms with Gasteiger partial charge < -0.3 is 4.18 Å². The van der Waals surface area contributed by atoms with Crippen LogP contribution in [0.15, 0.2) is 53.4 Å². The average Bonchev–Trinajstić information content (AvgIpc) is 2.39. The molecule has 0 bridgehead atoms. The van der Waals surface area contributed by atoms with Crippen LogP contribution in [0.5, 0.6) is 5.75 Å². The van der Waals surface area contributed by atoms with Crippen molar-refractivity contribution >= 4 is 10.1 Å². The highest BCUT2D eigenvalue weighted by atomic mass is 32.2. The Hall–Kier alpha value is -1.88. The molecule has 0 N–H and O–H groups in total. The molecule has 0 aromatic heterocycles. The summed E-state index contributed by atoms with van der Waals surface area (Å²) in [6.45, 7) is 4.09. The minimum absolute atomic E-state index is 0.0770. The average molecular weight is 294 g/mol. The van der Waals surface area contributed by atoms with Gasteiger partial charge in [0.1, 0.15) is 16.5 Å². The molecule has 0 saturated carbocycles. The molecule has 2 aromatic carbocycles. The topological polar surface area (TPSA) is 43.4 Å².